The molecule has 4 aromatic rings. The van der Waals surface area contributed by atoms with Crippen molar-refractivity contribution in [2.45, 2.75) is 38.3 Å². The highest BCUT2D eigenvalue weighted by Gasteiger charge is 2.46. The summed E-state index contributed by atoms with van der Waals surface area (Å²) in [6.07, 6.45) is 7.81. The maximum Gasteiger partial charge on any atom is 0.289 e. The molecule has 1 aliphatic rings. The molecule has 3 heterocycles. The number of aromatic nitrogens is 6. The smallest absolute Gasteiger partial charge is 0.289 e. The molecule has 5 rings (SSSR count). The molecule has 1 aliphatic carbocycles. The molecule has 3 aromatic heterocycles. The van der Waals surface area contributed by atoms with Crippen LogP contribution in [0.4, 0.5) is 0 Å². The highest BCUT2D eigenvalue weighted by Crippen LogP contribution is 2.47. The summed E-state index contributed by atoms with van der Waals surface area (Å²) >= 11 is 6.55. The minimum Gasteiger partial charge on any atom is -0.340 e. The fourth-order valence-corrected chi connectivity index (χ4v) is 4.21. The molecule has 10 heteroatoms. The zero-order chi connectivity index (χ0) is 23.3. The first-order chi connectivity index (χ1) is 15.8. The van der Waals surface area contributed by atoms with Crippen molar-refractivity contribution in [2.24, 2.45) is 7.05 Å². The van der Waals surface area contributed by atoms with Crippen LogP contribution in [0, 0.1) is 0 Å². The molecule has 1 N–H and O–H groups in total. The van der Waals surface area contributed by atoms with Crippen molar-refractivity contribution in [3.05, 3.63) is 69.9 Å². The van der Waals surface area contributed by atoms with Crippen LogP contribution in [0.3, 0.4) is 0 Å². The quantitative estimate of drug-likeness (QED) is 0.486. The number of fused-ring (bicyclic) bond motifs is 1. The highest BCUT2D eigenvalue weighted by molar-refractivity contribution is 6.33. The molecule has 1 saturated carbocycles. The third kappa shape index (κ3) is 3.68. The molecule has 33 heavy (non-hydrogen) atoms. The van der Waals surface area contributed by atoms with Gasteiger partial charge in [-0.15, -0.1) is 0 Å². The van der Waals surface area contributed by atoms with E-state index in [1.165, 1.54) is 17.1 Å². The van der Waals surface area contributed by atoms with Crippen molar-refractivity contribution in [2.75, 3.05) is 0 Å². The second kappa shape index (κ2) is 7.77. The van der Waals surface area contributed by atoms with Gasteiger partial charge in [0.05, 0.1) is 29.0 Å². The minimum atomic E-state index is -0.532. The Labute approximate surface area is 194 Å². The second-order valence-corrected chi connectivity index (χ2v) is 9.02. The molecule has 168 valence electrons. The van der Waals surface area contributed by atoms with Gasteiger partial charge in [-0.25, -0.2) is 19.6 Å². The summed E-state index contributed by atoms with van der Waals surface area (Å²) in [5, 5.41) is 8.62. The molecular weight excluding hydrogens is 442 g/mol. The standard InChI is InChI=1S/C23H22ClN7O2/c1-13(2)31-20-14(10-27-31)9-26-19(28-20)21(32)29-23(6-7-23)15-4-5-16(18(24)8-15)17-11-25-12-30(3)22(17)33/h4-5,8-13H,6-7H2,1-3H3,(H,29,32). The van der Waals surface area contributed by atoms with Crippen LogP contribution < -0.4 is 10.9 Å². The predicted octanol–water partition coefficient (Wildman–Crippen LogP) is 3.24. The van der Waals surface area contributed by atoms with Crippen molar-refractivity contribution < 1.29 is 4.79 Å². The Morgan fingerprint density at radius 2 is 1.97 bits per heavy atom. The minimum absolute atomic E-state index is 0.0951. The third-order valence-corrected chi connectivity index (χ3v) is 6.25. The van der Waals surface area contributed by atoms with Gasteiger partial charge in [-0.3, -0.25) is 9.59 Å². The van der Waals surface area contributed by atoms with Crippen LogP contribution in [-0.2, 0) is 12.6 Å². The summed E-state index contributed by atoms with van der Waals surface area (Å²) in [5.41, 5.74) is 1.82. The summed E-state index contributed by atoms with van der Waals surface area (Å²) in [7, 11) is 1.64. The number of rotatable bonds is 5. The fraction of sp³-hybridized carbons (Fsp3) is 0.304. The number of nitrogens with zero attached hydrogens (tertiary/aromatic N) is 6. The summed E-state index contributed by atoms with van der Waals surface area (Å²) in [6.45, 7) is 4.00. The van der Waals surface area contributed by atoms with Gasteiger partial charge in [0, 0.05) is 36.1 Å². The molecule has 0 bridgehead atoms. The summed E-state index contributed by atoms with van der Waals surface area (Å²) in [6, 6.07) is 5.60. The van der Waals surface area contributed by atoms with Crippen LogP contribution in [0.25, 0.3) is 22.2 Å². The molecule has 0 unspecified atom stereocenters. The van der Waals surface area contributed by atoms with Crippen LogP contribution in [0.5, 0.6) is 0 Å². The largest absolute Gasteiger partial charge is 0.340 e. The Morgan fingerprint density at radius 1 is 1.18 bits per heavy atom. The van der Waals surface area contributed by atoms with E-state index < -0.39 is 5.54 Å². The van der Waals surface area contributed by atoms with E-state index in [0.29, 0.717) is 21.8 Å². The van der Waals surface area contributed by atoms with E-state index in [-0.39, 0.29) is 23.3 Å². The maximum absolute atomic E-state index is 13.0. The zero-order valence-electron chi connectivity index (χ0n) is 18.4. The molecule has 0 aliphatic heterocycles. The number of carbonyl (C=O) groups is 1. The Morgan fingerprint density at radius 3 is 2.67 bits per heavy atom. The van der Waals surface area contributed by atoms with E-state index in [0.717, 1.165) is 23.8 Å². The van der Waals surface area contributed by atoms with E-state index in [2.05, 4.69) is 25.4 Å². The number of aryl methyl sites for hydroxylation is 1. The van der Waals surface area contributed by atoms with Gasteiger partial charge in [0.2, 0.25) is 5.82 Å². The van der Waals surface area contributed by atoms with E-state index in [1.54, 1.807) is 36.3 Å². The van der Waals surface area contributed by atoms with Crippen LogP contribution in [0.2, 0.25) is 5.02 Å². The van der Waals surface area contributed by atoms with Crippen LogP contribution >= 0.6 is 11.6 Å². The Kier molecular flexibility index (Phi) is 5.01. The highest BCUT2D eigenvalue weighted by atomic mass is 35.5. The van der Waals surface area contributed by atoms with Crippen molar-refractivity contribution in [3.8, 4) is 11.1 Å². The summed E-state index contributed by atoms with van der Waals surface area (Å²) in [4.78, 5) is 38.2. The molecule has 1 amide bonds. The van der Waals surface area contributed by atoms with Gasteiger partial charge in [-0.1, -0.05) is 23.7 Å². The number of nitrogens with one attached hydrogen (secondary N) is 1. The van der Waals surface area contributed by atoms with Crippen LogP contribution in [0.1, 0.15) is 48.9 Å². The lowest BCUT2D eigenvalue weighted by atomic mass is 10.00. The zero-order valence-corrected chi connectivity index (χ0v) is 19.2. The Hall–Kier alpha value is -3.59. The first-order valence-corrected chi connectivity index (χ1v) is 11.0. The molecular formula is C23H22ClN7O2. The molecule has 1 aromatic carbocycles. The van der Waals surface area contributed by atoms with E-state index in [9.17, 15) is 9.59 Å². The van der Waals surface area contributed by atoms with Gasteiger partial charge in [0.25, 0.3) is 11.5 Å². The number of carbonyl (C=O) groups excluding carboxylic acids is 1. The number of halogens is 1. The van der Waals surface area contributed by atoms with Crippen molar-refractivity contribution in [3.63, 3.8) is 0 Å². The topological polar surface area (TPSA) is 108 Å². The average Bonchev–Trinajstić information content (AvgIpc) is 3.44. The first-order valence-electron chi connectivity index (χ1n) is 10.6. The summed E-state index contributed by atoms with van der Waals surface area (Å²) < 4.78 is 3.17. The van der Waals surface area contributed by atoms with E-state index in [1.807, 2.05) is 19.9 Å². The van der Waals surface area contributed by atoms with Gasteiger partial charge in [0.1, 0.15) is 0 Å². The fourth-order valence-electron chi connectivity index (χ4n) is 3.93. The molecule has 0 atom stereocenters. The second-order valence-electron chi connectivity index (χ2n) is 8.61. The van der Waals surface area contributed by atoms with Crippen molar-refractivity contribution in [1.82, 2.24) is 34.6 Å². The molecule has 9 nitrogen and oxygen atoms in total. The van der Waals surface area contributed by atoms with Gasteiger partial charge >= 0.3 is 0 Å². The third-order valence-electron chi connectivity index (χ3n) is 5.94. The van der Waals surface area contributed by atoms with Crippen LogP contribution in [-0.4, -0.2) is 35.2 Å². The number of benzene rings is 1. The Bertz CT molecular complexity index is 1450. The monoisotopic (exact) mass is 463 g/mol. The summed E-state index contributed by atoms with van der Waals surface area (Å²) in [5.74, 6) is -0.259. The Balaban J connectivity index is 1.43. The lowest BCUT2D eigenvalue weighted by Crippen LogP contribution is -2.36. The number of hydrogen-bond donors (Lipinski definition) is 1. The number of hydrogen-bond acceptors (Lipinski definition) is 6. The molecule has 0 spiro atoms. The normalized spacial score (nSPS) is 14.6. The maximum atomic E-state index is 13.0. The SMILES string of the molecule is CC(C)n1ncc2cnc(C(=O)NC3(c4ccc(-c5cncn(C)c5=O)c(Cl)c4)CC3)nc21. The first kappa shape index (κ1) is 21.3. The van der Waals surface area contributed by atoms with Crippen molar-refractivity contribution >= 4 is 28.5 Å². The van der Waals surface area contributed by atoms with Crippen LogP contribution in [0.15, 0.2) is 47.9 Å². The van der Waals surface area contributed by atoms with E-state index in [4.69, 9.17) is 11.6 Å². The average molecular weight is 464 g/mol. The number of amides is 1. The lowest BCUT2D eigenvalue weighted by Gasteiger charge is -2.19. The van der Waals surface area contributed by atoms with Gasteiger partial charge < -0.3 is 9.88 Å². The van der Waals surface area contributed by atoms with Gasteiger partial charge in [-0.05, 0) is 38.3 Å². The predicted molar refractivity (Wildman–Crippen MR) is 124 cm³/mol. The molecule has 0 saturated heterocycles. The van der Waals surface area contributed by atoms with Gasteiger partial charge in [-0.2, -0.15) is 5.10 Å². The van der Waals surface area contributed by atoms with Gasteiger partial charge in [0.15, 0.2) is 5.65 Å². The van der Waals surface area contributed by atoms with Crippen molar-refractivity contribution in [1.29, 1.82) is 0 Å². The molecule has 0 radical (unpaired) electrons. The molecule has 1 fully saturated rings. The lowest BCUT2D eigenvalue weighted by molar-refractivity contribution is 0.0920. The van der Waals surface area contributed by atoms with E-state index >= 15 is 0 Å².